The molecule has 7 heteroatoms. The van der Waals surface area contributed by atoms with E-state index in [1.165, 1.54) is 0 Å². The van der Waals surface area contributed by atoms with Gasteiger partial charge in [0.25, 0.3) is 0 Å². The summed E-state index contributed by atoms with van der Waals surface area (Å²) in [4.78, 5) is 0. The quantitative estimate of drug-likeness (QED) is 0.473. The van der Waals surface area contributed by atoms with Crippen LogP contribution >= 0.6 is 7.92 Å². The van der Waals surface area contributed by atoms with Gasteiger partial charge in [0.2, 0.25) is 0 Å². The summed E-state index contributed by atoms with van der Waals surface area (Å²) in [7, 11) is 8.82. The van der Waals surface area contributed by atoms with Crippen LogP contribution in [-0.4, -0.2) is 42.7 Å². The molecule has 0 amide bonds. The van der Waals surface area contributed by atoms with E-state index in [0.717, 1.165) is 15.9 Å². The van der Waals surface area contributed by atoms with E-state index >= 15 is 0 Å². The Morgan fingerprint density at radius 2 is 0.645 bits per heavy atom. The molecule has 0 aliphatic rings. The van der Waals surface area contributed by atoms with E-state index in [0.29, 0.717) is 34.5 Å². The van der Waals surface area contributed by atoms with Crippen molar-refractivity contribution in [2.45, 2.75) is 0 Å². The molecule has 0 heterocycles. The fourth-order valence-corrected chi connectivity index (χ4v) is 5.64. The lowest BCUT2D eigenvalue weighted by molar-refractivity contribution is 0.355. The van der Waals surface area contributed by atoms with Crippen LogP contribution < -0.4 is 44.3 Å². The van der Waals surface area contributed by atoms with Crippen molar-refractivity contribution >= 4 is 23.8 Å². The third-order valence-electron chi connectivity index (χ3n) is 4.88. The SMILES string of the molecule is COc1ccc(P(c2ccc(OC)c(OC)c2)c2ccc(OC)c(OC)c2)cc1OC. The molecule has 0 unspecified atom stereocenters. The van der Waals surface area contributed by atoms with E-state index in [4.69, 9.17) is 28.4 Å². The Hall–Kier alpha value is -3.11. The molecule has 0 atom stereocenters. The van der Waals surface area contributed by atoms with Crippen molar-refractivity contribution in [2.75, 3.05) is 42.7 Å². The summed E-state index contributed by atoms with van der Waals surface area (Å²) >= 11 is 0. The van der Waals surface area contributed by atoms with Crippen LogP contribution in [0.5, 0.6) is 34.5 Å². The highest BCUT2D eigenvalue weighted by Gasteiger charge is 2.22. The molecule has 0 saturated heterocycles. The Kier molecular flexibility index (Phi) is 7.48. The highest BCUT2D eigenvalue weighted by atomic mass is 31.1. The van der Waals surface area contributed by atoms with Crippen molar-refractivity contribution in [2.24, 2.45) is 0 Å². The molecule has 0 fully saturated rings. The monoisotopic (exact) mass is 442 g/mol. The molecule has 6 nitrogen and oxygen atoms in total. The van der Waals surface area contributed by atoms with E-state index in [1.54, 1.807) is 42.7 Å². The van der Waals surface area contributed by atoms with Crippen molar-refractivity contribution in [1.29, 1.82) is 0 Å². The van der Waals surface area contributed by atoms with E-state index in [-0.39, 0.29) is 0 Å². The average molecular weight is 442 g/mol. The van der Waals surface area contributed by atoms with Gasteiger partial charge in [-0.25, -0.2) is 0 Å². The summed E-state index contributed by atoms with van der Waals surface area (Å²) in [5.41, 5.74) is 0. The van der Waals surface area contributed by atoms with Crippen LogP contribution in [0.3, 0.4) is 0 Å². The zero-order valence-electron chi connectivity index (χ0n) is 18.6. The summed E-state index contributed by atoms with van der Waals surface area (Å²) in [6, 6.07) is 18.0. The van der Waals surface area contributed by atoms with Gasteiger partial charge in [-0.3, -0.25) is 0 Å². The first kappa shape index (κ1) is 22.6. The van der Waals surface area contributed by atoms with Gasteiger partial charge in [-0.05, 0) is 78.4 Å². The molecule has 3 aromatic carbocycles. The number of hydrogen-bond donors (Lipinski definition) is 0. The second kappa shape index (κ2) is 10.3. The lowest BCUT2D eigenvalue weighted by atomic mass is 10.3. The number of hydrogen-bond acceptors (Lipinski definition) is 6. The number of benzene rings is 3. The van der Waals surface area contributed by atoms with Gasteiger partial charge in [-0.1, -0.05) is 0 Å². The van der Waals surface area contributed by atoms with Gasteiger partial charge in [0.1, 0.15) is 0 Å². The van der Waals surface area contributed by atoms with Gasteiger partial charge in [-0.2, -0.15) is 0 Å². The lowest BCUT2D eigenvalue weighted by Gasteiger charge is -2.22. The van der Waals surface area contributed by atoms with Gasteiger partial charge in [0, 0.05) is 0 Å². The van der Waals surface area contributed by atoms with Crippen LogP contribution in [0.15, 0.2) is 54.6 Å². The largest absolute Gasteiger partial charge is 0.493 e. The first-order valence-electron chi connectivity index (χ1n) is 9.56. The van der Waals surface area contributed by atoms with Crippen LogP contribution in [0.1, 0.15) is 0 Å². The van der Waals surface area contributed by atoms with Crippen molar-refractivity contribution in [3.63, 3.8) is 0 Å². The predicted octanol–water partition coefficient (Wildman–Crippen LogP) is 3.50. The van der Waals surface area contributed by atoms with Crippen molar-refractivity contribution in [3.8, 4) is 34.5 Å². The van der Waals surface area contributed by atoms with Gasteiger partial charge in [0.05, 0.1) is 42.7 Å². The zero-order chi connectivity index (χ0) is 22.4. The maximum Gasteiger partial charge on any atom is 0.161 e. The highest BCUT2D eigenvalue weighted by Crippen LogP contribution is 2.40. The van der Waals surface area contributed by atoms with Crippen LogP contribution in [0.2, 0.25) is 0 Å². The summed E-state index contributed by atoms with van der Waals surface area (Å²) in [6.07, 6.45) is 0. The average Bonchev–Trinajstić information content (AvgIpc) is 2.83. The topological polar surface area (TPSA) is 55.4 Å². The number of rotatable bonds is 9. The Bertz CT molecular complexity index is 905. The Morgan fingerprint density at radius 3 is 0.871 bits per heavy atom. The molecule has 0 aliphatic heterocycles. The molecular weight excluding hydrogens is 415 g/mol. The van der Waals surface area contributed by atoms with E-state index < -0.39 is 7.92 Å². The second-order valence-corrected chi connectivity index (χ2v) is 8.67. The maximum absolute atomic E-state index is 5.56. The first-order valence-corrected chi connectivity index (χ1v) is 10.9. The van der Waals surface area contributed by atoms with Gasteiger partial charge in [-0.15, -0.1) is 0 Å². The molecular formula is C24H27O6P. The molecule has 0 aromatic heterocycles. The molecule has 0 spiro atoms. The molecule has 0 N–H and O–H groups in total. The molecule has 31 heavy (non-hydrogen) atoms. The normalized spacial score (nSPS) is 10.5. The van der Waals surface area contributed by atoms with Crippen LogP contribution in [0.4, 0.5) is 0 Å². The standard InChI is InChI=1S/C24H27O6P/c1-25-19-10-7-16(13-22(19)28-4)31(17-8-11-20(26-2)23(14-17)29-5)18-9-12-21(27-3)24(15-18)30-6/h7-15H,1-6H3. The summed E-state index contributed by atoms with van der Waals surface area (Å²) in [6.45, 7) is 0. The zero-order valence-corrected chi connectivity index (χ0v) is 19.5. The Morgan fingerprint density at radius 1 is 0.387 bits per heavy atom. The predicted molar refractivity (Wildman–Crippen MR) is 124 cm³/mol. The Labute approximate surface area is 184 Å². The van der Waals surface area contributed by atoms with E-state index in [9.17, 15) is 0 Å². The minimum atomic E-state index is -0.971. The lowest BCUT2D eigenvalue weighted by Crippen LogP contribution is -2.21. The minimum absolute atomic E-state index is 0.674. The third-order valence-corrected chi connectivity index (χ3v) is 7.26. The van der Waals surface area contributed by atoms with E-state index in [1.807, 2.05) is 36.4 Å². The molecule has 164 valence electrons. The molecule has 0 aliphatic carbocycles. The summed E-state index contributed by atoms with van der Waals surface area (Å²) in [5.74, 6) is 4.07. The second-order valence-electron chi connectivity index (χ2n) is 6.45. The summed E-state index contributed by atoms with van der Waals surface area (Å²) < 4.78 is 32.9. The molecule has 0 bridgehead atoms. The van der Waals surface area contributed by atoms with Gasteiger partial charge >= 0.3 is 0 Å². The fourth-order valence-electron chi connectivity index (χ4n) is 3.34. The third kappa shape index (κ3) is 4.64. The Balaban J connectivity index is 2.22. The van der Waals surface area contributed by atoms with E-state index in [2.05, 4.69) is 18.2 Å². The van der Waals surface area contributed by atoms with Crippen LogP contribution in [0, 0.1) is 0 Å². The minimum Gasteiger partial charge on any atom is -0.493 e. The smallest absolute Gasteiger partial charge is 0.161 e. The molecule has 3 aromatic rings. The fraction of sp³-hybridized carbons (Fsp3) is 0.250. The molecule has 3 rings (SSSR count). The molecule has 0 radical (unpaired) electrons. The number of methoxy groups -OCH3 is 6. The van der Waals surface area contributed by atoms with Crippen molar-refractivity contribution in [1.82, 2.24) is 0 Å². The number of ether oxygens (including phenoxy) is 6. The van der Waals surface area contributed by atoms with Gasteiger partial charge < -0.3 is 28.4 Å². The first-order chi connectivity index (χ1) is 15.1. The highest BCUT2D eigenvalue weighted by molar-refractivity contribution is 7.79. The van der Waals surface area contributed by atoms with Crippen molar-refractivity contribution in [3.05, 3.63) is 54.6 Å². The maximum atomic E-state index is 5.56. The van der Waals surface area contributed by atoms with Crippen LogP contribution in [-0.2, 0) is 0 Å². The van der Waals surface area contributed by atoms with Crippen LogP contribution in [0.25, 0.3) is 0 Å². The van der Waals surface area contributed by atoms with Crippen molar-refractivity contribution < 1.29 is 28.4 Å². The molecule has 0 saturated carbocycles. The van der Waals surface area contributed by atoms with Gasteiger partial charge in [0.15, 0.2) is 34.5 Å². The summed E-state index contributed by atoms with van der Waals surface area (Å²) in [5, 5.41) is 3.27.